The van der Waals surface area contributed by atoms with Crippen molar-refractivity contribution in [2.75, 3.05) is 55.5 Å². The number of ether oxygens (including phenoxy) is 2. The second kappa shape index (κ2) is 7.10. The molecule has 2 aliphatic heterocycles. The molecule has 0 bridgehead atoms. The topological polar surface area (TPSA) is 97.0 Å². The molecule has 8 nitrogen and oxygen atoms in total. The number of anilines is 4. The van der Waals surface area contributed by atoms with E-state index in [0.717, 1.165) is 54.8 Å². The van der Waals surface area contributed by atoms with Crippen LogP contribution < -0.4 is 20.3 Å². The average molecular weight is 385 g/mol. The number of hydrogen-bond donors (Lipinski definition) is 2. The summed E-state index contributed by atoms with van der Waals surface area (Å²) in [4.78, 5) is 13.2. The summed E-state index contributed by atoms with van der Waals surface area (Å²) >= 11 is 0. The molecule has 1 aromatic heterocycles. The fraction of sp³-hybridized carbons (Fsp3) is 0.500. The second-order valence-corrected chi connectivity index (χ2v) is 7.81. The number of nitrogen functional groups attached to an aromatic ring is 1. The zero-order valence-corrected chi connectivity index (χ0v) is 16.6. The van der Waals surface area contributed by atoms with Crippen LogP contribution in [0.15, 0.2) is 18.2 Å². The second-order valence-electron chi connectivity index (χ2n) is 7.81. The Labute approximate surface area is 164 Å². The lowest BCUT2D eigenvalue weighted by molar-refractivity contribution is 0.122. The standard InChI is InChI=1S/C20H27N5O3/c1-20(2)12-25(19-17(20)18(21)22-16(11-26)23-19)14-5-4-13(10-15(14)27-3)24-6-8-28-9-7-24/h4-5,10,26H,6-9,11-12H2,1-3H3,(H2,21,22,23). The van der Waals surface area contributed by atoms with Crippen LogP contribution in [-0.4, -0.2) is 55.0 Å². The fourth-order valence-corrected chi connectivity index (χ4v) is 4.08. The predicted molar refractivity (Wildman–Crippen MR) is 108 cm³/mol. The molecule has 0 aliphatic carbocycles. The highest BCUT2D eigenvalue weighted by Gasteiger charge is 2.40. The number of rotatable bonds is 4. The van der Waals surface area contributed by atoms with Gasteiger partial charge in [0.15, 0.2) is 5.82 Å². The van der Waals surface area contributed by atoms with E-state index in [-0.39, 0.29) is 12.0 Å². The van der Waals surface area contributed by atoms with Crippen LogP contribution in [0.25, 0.3) is 0 Å². The number of aromatic nitrogens is 2. The number of aliphatic hydroxyl groups excluding tert-OH is 1. The first-order valence-electron chi connectivity index (χ1n) is 9.50. The minimum atomic E-state index is -0.251. The summed E-state index contributed by atoms with van der Waals surface area (Å²) in [5.41, 5.74) is 8.94. The van der Waals surface area contributed by atoms with Gasteiger partial charge in [-0.25, -0.2) is 9.97 Å². The van der Waals surface area contributed by atoms with Crippen molar-refractivity contribution in [2.45, 2.75) is 25.9 Å². The third-order valence-corrected chi connectivity index (χ3v) is 5.42. The van der Waals surface area contributed by atoms with E-state index in [0.29, 0.717) is 18.2 Å². The molecule has 1 fully saturated rings. The van der Waals surface area contributed by atoms with E-state index in [2.05, 4.69) is 51.8 Å². The first kappa shape index (κ1) is 18.8. The van der Waals surface area contributed by atoms with Gasteiger partial charge in [-0.3, -0.25) is 0 Å². The summed E-state index contributed by atoms with van der Waals surface area (Å²) < 4.78 is 11.2. The maximum atomic E-state index is 9.52. The zero-order chi connectivity index (χ0) is 19.9. The molecular weight excluding hydrogens is 358 g/mol. The van der Waals surface area contributed by atoms with Gasteiger partial charge in [0.1, 0.15) is 24.0 Å². The molecule has 2 aromatic rings. The van der Waals surface area contributed by atoms with Crippen molar-refractivity contribution in [3.8, 4) is 5.75 Å². The fourth-order valence-electron chi connectivity index (χ4n) is 4.08. The van der Waals surface area contributed by atoms with Crippen LogP contribution in [0.2, 0.25) is 0 Å². The van der Waals surface area contributed by atoms with Crippen LogP contribution in [0.3, 0.4) is 0 Å². The molecule has 28 heavy (non-hydrogen) atoms. The van der Waals surface area contributed by atoms with Gasteiger partial charge in [-0.05, 0) is 12.1 Å². The van der Waals surface area contributed by atoms with Crippen molar-refractivity contribution in [2.24, 2.45) is 0 Å². The van der Waals surface area contributed by atoms with E-state index >= 15 is 0 Å². The molecule has 0 spiro atoms. The van der Waals surface area contributed by atoms with E-state index in [4.69, 9.17) is 15.2 Å². The Kier molecular flexibility index (Phi) is 4.76. The van der Waals surface area contributed by atoms with Gasteiger partial charge in [0.25, 0.3) is 0 Å². The summed E-state index contributed by atoms with van der Waals surface area (Å²) in [5.74, 6) is 2.25. The Hall–Kier alpha value is -2.58. The number of methoxy groups -OCH3 is 1. The first-order valence-corrected chi connectivity index (χ1v) is 9.50. The van der Waals surface area contributed by atoms with Gasteiger partial charge >= 0.3 is 0 Å². The molecule has 3 N–H and O–H groups in total. The Bertz CT molecular complexity index is 880. The van der Waals surface area contributed by atoms with Crippen molar-refractivity contribution < 1.29 is 14.6 Å². The smallest absolute Gasteiger partial charge is 0.158 e. The van der Waals surface area contributed by atoms with Crippen molar-refractivity contribution >= 4 is 23.0 Å². The molecule has 0 amide bonds. The van der Waals surface area contributed by atoms with E-state index in [1.54, 1.807) is 7.11 Å². The number of aliphatic hydroxyl groups is 1. The van der Waals surface area contributed by atoms with Gasteiger partial charge in [-0.15, -0.1) is 0 Å². The maximum Gasteiger partial charge on any atom is 0.158 e. The normalized spacial score (nSPS) is 18.3. The van der Waals surface area contributed by atoms with Gasteiger partial charge in [-0.1, -0.05) is 13.8 Å². The first-order chi connectivity index (χ1) is 13.4. The highest BCUT2D eigenvalue weighted by molar-refractivity contribution is 5.78. The van der Waals surface area contributed by atoms with Crippen LogP contribution in [0.5, 0.6) is 5.75 Å². The molecule has 8 heteroatoms. The lowest BCUT2D eigenvalue weighted by Gasteiger charge is -2.30. The van der Waals surface area contributed by atoms with Crippen molar-refractivity contribution in [1.82, 2.24) is 9.97 Å². The molecule has 1 aromatic carbocycles. The van der Waals surface area contributed by atoms with Crippen molar-refractivity contribution in [3.05, 3.63) is 29.6 Å². The lowest BCUT2D eigenvalue weighted by Crippen LogP contribution is -2.36. The number of nitrogens with two attached hydrogens (primary N) is 1. The van der Waals surface area contributed by atoms with Gasteiger partial charge in [-0.2, -0.15) is 0 Å². The maximum absolute atomic E-state index is 9.52. The molecule has 2 aliphatic rings. The van der Waals surface area contributed by atoms with Gasteiger partial charge in [0.2, 0.25) is 0 Å². The number of hydrogen-bond acceptors (Lipinski definition) is 8. The molecule has 4 rings (SSSR count). The number of morpholine rings is 1. The Morgan fingerprint density at radius 3 is 2.68 bits per heavy atom. The molecular formula is C20H27N5O3. The van der Waals surface area contributed by atoms with E-state index in [9.17, 15) is 5.11 Å². The minimum absolute atomic E-state index is 0.221. The van der Waals surface area contributed by atoms with Gasteiger partial charge in [0, 0.05) is 42.4 Å². The summed E-state index contributed by atoms with van der Waals surface area (Å²) in [6.07, 6.45) is 0. The van der Waals surface area contributed by atoms with Gasteiger partial charge in [0.05, 0.1) is 26.0 Å². The monoisotopic (exact) mass is 385 g/mol. The third-order valence-electron chi connectivity index (χ3n) is 5.42. The van der Waals surface area contributed by atoms with Crippen molar-refractivity contribution in [1.29, 1.82) is 0 Å². The summed E-state index contributed by atoms with van der Waals surface area (Å²) in [6, 6.07) is 6.22. The number of benzene rings is 1. The molecule has 0 radical (unpaired) electrons. The van der Waals surface area contributed by atoms with Crippen LogP contribution >= 0.6 is 0 Å². The number of nitrogens with zero attached hydrogens (tertiary/aromatic N) is 4. The Morgan fingerprint density at radius 1 is 1.25 bits per heavy atom. The molecule has 0 unspecified atom stereocenters. The van der Waals surface area contributed by atoms with E-state index < -0.39 is 0 Å². The van der Waals surface area contributed by atoms with Crippen molar-refractivity contribution in [3.63, 3.8) is 0 Å². The van der Waals surface area contributed by atoms with Crippen LogP contribution in [0, 0.1) is 0 Å². The Morgan fingerprint density at radius 2 is 2.00 bits per heavy atom. The zero-order valence-electron chi connectivity index (χ0n) is 16.6. The molecule has 1 saturated heterocycles. The largest absolute Gasteiger partial charge is 0.494 e. The highest BCUT2D eigenvalue weighted by Crippen LogP contribution is 2.48. The average Bonchev–Trinajstić information content (AvgIpc) is 2.99. The summed E-state index contributed by atoms with van der Waals surface area (Å²) in [6.45, 7) is 7.90. The molecule has 3 heterocycles. The Balaban J connectivity index is 1.77. The predicted octanol–water partition coefficient (Wildman–Crippen LogP) is 1.83. The van der Waals surface area contributed by atoms with E-state index in [1.165, 1.54) is 0 Å². The van der Waals surface area contributed by atoms with E-state index in [1.807, 2.05) is 0 Å². The third kappa shape index (κ3) is 3.12. The molecule has 150 valence electrons. The highest BCUT2D eigenvalue weighted by atomic mass is 16.5. The van der Waals surface area contributed by atoms with Crippen LogP contribution in [-0.2, 0) is 16.8 Å². The van der Waals surface area contributed by atoms with Crippen LogP contribution in [0.1, 0.15) is 25.2 Å². The number of fused-ring (bicyclic) bond motifs is 1. The van der Waals surface area contributed by atoms with Gasteiger partial charge < -0.3 is 30.1 Å². The molecule has 0 saturated carbocycles. The lowest BCUT2D eigenvalue weighted by atomic mass is 9.88. The summed E-state index contributed by atoms with van der Waals surface area (Å²) in [5, 5.41) is 9.52. The quantitative estimate of drug-likeness (QED) is 0.823. The minimum Gasteiger partial charge on any atom is -0.494 e. The van der Waals surface area contributed by atoms with Crippen LogP contribution in [0.4, 0.5) is 23.0 Å². The molecule has 0 atom stereocenters. The SMILES string of the molecule is COc1cc(N2CCOCC2)ccc1N1CC(C)(C)c2c(N)nc(CO)nc21. The summed E-state index contributed by atoms with van der Waals surface area (Å²) in [7, 11) is 1.68.